The third-order valence-corrected chi connectivity index (χ3v) is 4.12. The molecule has 1 N–H and O–H groups in total. The number of hydrazone groups is 1. The number of esters is 1. The number of nitrogens with zero attached hydrogens (tertiary/aromatic N) is 2. The molecule has 0 aromatic heterocycles. The third-order valence-electron chi connectivity index (χ3n) is 3.87. The Bertz CT molecular complexity index is 759. The van der Waals surface area contributed by atoms with Gasteiger partial charge >= 0.3 is 5.97 Å². The fraction of sp³-hybridized carbons (Fsp3) is 0.222. The lowest BCUT2D eigenvalue weighted by Gasteiger charge is -2.30. The van der Waals surface area contributed by atoms with E-state index in [1.807, 2.05) is 23.1 Å². The van der Waals surface area contributed by atoms with Gasteiger partial charge in [-0.05, 0) is 48.7 Å². The summed E-state index contributed by atoms with van der Waals surface area (Å²) in [6.45, 7) is 0.716. The van der Waals surface area contributed by atoms with Gasteiger partial charge in [-0.25, -0.2) is 4.79 Å². The second-order valence-corrected chi connectivity index (χ2v) is 5.87. The maximum Gasteiger partial charge on any atom is 0.376 e. The Morgan fingerprint density at radius 3 is 2.71 bits per heavy atom. The summed E-state index contributed by atoms with van der Waals surface area (Å²) in [6, 6.07) is 15.1. The van der Waals surface area contributed by atoms with Crippen LogP contribution in [0.3, 0.4) is 0 Å². The van der Waals surface area contributed by atoms with E-state index in [0.717, 1.165) is 24.2 Å². The van der Waals surface area contributed by atoms with Crippen molar-refractivity contribution in [3.8, 4) is 0 Å². The van der Waals surface area contributed by atoms with Gasteiger partial charge in [0.15, 0.2) is 0 Å². The van der Waals surface area contributed by atoms with E-state index >= 15 is 0 Å². The van der Waals surface area contributed by atoms with Gasteiger partial charge in [-0.3, -0.25) is 5.43 Å². The molecule has 124 valence electrons. The van der Waals surface area contributed by atoms with Crippen LogP contribution >= 0.6 is 11.6 Å². The number of carbonyl (C=O) groups is 1. The van der Waals surface area contributed by atoms with Crippen molar-refractivity contribution >= 4 is 34.8 Å². The summed E-state index contributed by atoms with van der Waals surface area (Å²) in [5.41, 5.74) is 5.84. The third kappa shape index (κ3) is 3.51. The number of methoxy groups -OCH3 is 1. The molecule has 2 aromatic rings. The predicted octanol–water partition coefficient (Wildman–Crippen LogP) is 3.69. The Labute approximate surface area is 145 Å². The number of anilines is 2. The average molecular weight is 344 g/mol. The summed E-state index contributed by atoms with van der Waals surface area (Å²) in [7, 11) is 1.36. The zero-order valence-electron chi connectivity index (χ0n) is 13.3. The first-order chi connectivity index (χ1) is 11.7. The largest absolute Gasteiger partial charge is 0.463 e. The number of fused-ring (bicyclic) bond motifs is 1. The van der Waals surface area contributed by atoms with Crippen molar-refractivity contribution < 1.29 is 9.53 Å². The molecule has 5 nitrogen and oxygen atoms in total. The van der Waals surface area contributed by atoms with E-state index in [1.54, 1.807) is 24.3 Å². The van der Waals surface area contributed by atoms with Crippen LogP contribution in [0.25, 0.3) is 0 Å². The zero-order valence-corrected chi connectivity index (χ0v) is 14.1. The van der Waals surface area contributed by atoms with Gasteiger partial charge in [0, 0.05) is 17.3 Å². The number of aryl methyl sites for hydroxylation is 1. The van der Waals surface area contributed by atoms with Gasteiger partial charge in [-0.2, -0.15) is 0 Å². The van der Waals surface area contributed by atoms with Gasteiger partial charge in [0.25, 0.3) is 0 Å². The first kappa shape index (κ1) is 16.3. The summed E-state index contributed by atoms with van der Waals surface area (Å²) in [6.07, 6.45) is 1.94. The number of hydrogen-bond acceptors (Lipinski definition) is 4. The van der Waals surface area contributed by atoms with Crippen LogP contribution in [0.4, 0.5) is 11.4 Å². The van der Waals surface area contributed by atoms with E-state index in [1.165, 1.54) is 12.7 Å². The van der Waals surface area contributed by atoms with Crippen LogP contribution in [0.2, 0.25) is 5.02 Å². The lowest BCUT2D eigenvalue weighted by molar-refractivity contribution is -0.132. The zero-order chi connectivity index (χ0) is 16.9. The maximum atomic E-state index is 12.2. The molecule has 3 rings (SSSR count). The van der Waals surface area contributed by atoms with Crippen molar-refractivity contribution in [3.63, 3.8) is 0 Å². The Kier molecular flexibility index (Phi) is 5.01. The summed E-state index contributed by atoms with van der Waals surface area (Å²) >= 11 is 5.88. The van der Waals surface area contributed by atoms with E-state index < -0.39 is 5.97 Å². The van der Waals surface area contributed by atoms with Gasteiger partial charge in [0.1, 0.15) is 0 Å². The van der Waals surface area contributed by atoms with E-state index in [4.69, 9.17) is 16.3 Å². The van der Waals surface area contributed by atoms with E-state index in [9.17, 15) is 4.79 Å². The lowest BCUT2D eigenvalue weighted by atomic mass is 10.0. The van der Waals surface area contributed by atoms with Crippen molar-refractivity contribution in [1.82, 2.24) is 0 Å². The number of nitrogens with one attached hydrogen (secondary N) is 1. The molecule has 6 heteroatoms. The quantitative estimate of drug-likeness (QED) is 0.391. The van der Waals surface area contributed by atoms with Crippen LogP contribution < -0.4 is 10.3 Å². The molecule has 0 bridgehead atoms. The smallest absolute Gasteiger partial charge is 0.376 e. The molecular formula is C18H18ClN3O2. The lowest BCUT2D eigenvalue weighted by Crippen LogP contribution is -2.41. The Hall–Kier alpha value is -2.53. The summed E-state index contributed by atoms with van der Waals surface area (Å²) < 4.78 is 4.92. The molecule has 0 unspecified atom stereocenters. The molecule has 0 radical (unpaired) electrons. The van der Waals surface area contributed by atoms with E-state index in [0.29, 0.717) is 11.6 Å². The number of para-hydroxylation sites is 1. The van der Waals surface area contributed by atoms with Crippen molar-refractivity contribution in [2.45, 2.75) is 12.8 Å². The molecule has 0 amide bonds. The number of benzene rings is 2. The molecule has 0 saturated carbocycles. The number of ether oxygens (including phenoxy) is 1. The SMILES string of the molecule is COC(=O)C(=NNc1ccc(Cl)cc1)N1CCCc2ccccc21. The Morgan fingerprint density at radius 2 is 1.96 bits per heavy atom. The standard InChI is InChI=1S/C18H18ClN3O2/c1-24-18(23)17(21-20-15-10-8-14(19)9-11-15)22-12-4-6-13-5-2-3-7-16(13)22/h2-3,5,7-11,20H,4,6,12H2,1H3. The molecule has 0 saturated heterocycles. The number of carbonyl (C=O) groups excluding carboxylic acids is 1. The normalized spacial score (nSPS) is 14.1. The fourth-order valence-electron chi connectivity index (χ4n) is 2.70. The molecule has 0 aliphatic carbocycles. The minimum Gasteiger partial charge on any atom is -0.463 e. The molecule has 1 aliphatic heterocycles. The van der Waals surface area contributed by atoms with Crippen molar-refractivity contribution in [3.05, 3.63) is 59.1 Å². The van der Waals surface area contributed by atoms with Gasteiger partial charge in [-0.15, -0.1) is 5.10 Å². The van der Waals surface area contributed by atoms with Gasteiger partial charge in [0.2, 0.25) is 5.84 Å². The van der Waals surface area contributed by atoms with Crippen molar-refractivity contribution in [1.29, 1.82) is 0 Å². The first-order valence-electron chi connectivity index (χ1n) is 7.72. The van der Waals surface area contributed by atoms with Gasteiger partial charge in [0.05, 0.1) is 12.8 Å². The highest BCUT2D eigenvalue weighted by molar-refractivity contribution is 6.41. The van der Waals surface area contributed by atoms with Crippen LogP contribution in [0.5, 0.6) is 0 Å². The minimum absolute atomic E-state index is 0.236. The molecule has 24 heavy (non-hydrogen) atoms. The van der Waals surface area contributed by atoms with Crippen molar-refractivity contribution in [2.75, 3.05) is 24.0 Å². The summed E-state index contributed by atoms with van der Waals surface area (Å²) in [5.74, 6) is -0.243. The average Bonchev–Trinajstić information content (AvgIpc) is 2.63. The topological polar surface area (TPSA) is 53.9 Å². The van der Waals surface area contributed by atoms with Crippen molar-refractivity contribution in [2.24, 2.45) is 5.10 Å². The Balaban J connectivity index is 1.91. The Morgan fingerprint density at radius 1 is 1.21 bits per heavy atom. The van der Waals surface area contributed by atoms with E-state index in [2.05, 4.69) is 16.6 Å². The number of halogens is 1. The number of rotatable bonds is 2. The minimum atomic E-state index is -0.479. The van der Waals surface area contributed by atoms with Crippen LogP contribution in [-0.4, -0.2) is 25.5 Å². The van der Waals surface area contributed by atoms with Crippen LogP contribution in [0.15, 0.2) is 53.6 Å². The monoisotopic (exact) mass is 343 g/mol. The molecule has 0 fully saturated rings. The van der Waals surface area contributed by atoms with Crippen LogP contribution in [0.1, 0.15) is 12.0 Å². The van der Waals surface area contributed by atoms with E-state index in [-0.39, 0.29) is 5.84 Å². The van der Waals surface area contributed by atoms with Gasteiger partial charge < -0.3 is 9.64 Å². The highest BCUT2D eigenvalue weighted by Crippen LogP contribution is 2.27. The highest BCUT2D eigenvalue weighted by Gasteiger charge is 2.26. The number of hydrogen-bond donors (Lipinski definition) is 1. The van der Waals surface area contributed by atoms with Crippen LogP contribution in [0, 0.1) is 0 Å². The molecule has 1 aliphatic rings. The predicted molar refractivity (Wildman–Crippen MR) is 96.6 cm³/mol. The second kappa shape index (κ2) is 7.36. The number of amidine groups is 1. The first-order valence-corrected chi connectivity index (χ1v) is 8.10. The molecule has 1 heterocycles. The fourth-order valence-corrected chi connectivity index (χ4v) is 2.83. The van der Waals surface area contributed by atoms with Crippen LogP contribution in [-0.2, 0) is 16.0 Å². The highest BCUT2D eigenvalue weighted by atomic mass is 35.5. The van der Waals surface area contributed by atoms with Gasteiger partial charge in [-0.1, -0.05) is 29.8 Å². The molecule has 0 atom stereocenters. The maximum absolute atomic E-state index is 12.2. The molecule has 0 spiro atoms. The molecule has 2 aromatic carbocycles. The molecular weight excluding hydrogens is 326 g/mol. The summed E-state index contributed by atoms with van der Waals surface area (Å²) in [4.78, 5) is 14.1. The second-order valence-electron chi connectivity index (χ2n) is 5.43. The summed E-state index contributed by atoms with van der Waals surface area (Å²) in [5, 5.41) is 4.93.